The first-order chi connectivity index (χ1) is 3.35. The maximum atomic E-state index is 9.84. The molecule has 2 nitrogen and oxygen atoms in total. The molecule has 0 saturated heterocycles. The molecule has 0 bridgehead atoms. The Hall–Kier alpha value is 0.410. The summed E-state index contributed by atoms with van der Waals surface area (Å²) in [4.78, 5) is 9.84. The van der Waals surface area contributed by atoms with Crippen LogP contribution in [0.3, 0.4) is 0 Å². The average Bonchev–Trinajstić information content (AvgIpc) is 1.72. The number of carbonyl (C=O) groups excluding carboxylic acids is 1. The van der Waals surface area contributed by atoms with E-state index in [1.165, 1.54) is 0 Å². The van der Waals surface area contributed by atoms with Gasteiger partial charge >= 0.3 is 0 Å². The first-order valence-electron chi connectivity index (χ1n) is 1.87. The summed E-state index contributed by atoms with van der Waals surface area (Å²) in [5.74, 6) is 0.549. The van der Waals surface area contributed by atoms with E-state index in [9.17, 15) is 4.79 Å². The fourth-order valence-electron chi connectivity index (χ4n) is 0.135. The summed E-state index contributed by atoms with van der Waals surface area (Å²) in [6.45, 7) is 0. The zero-order chi connectivity index (χ0) is 5.70. The Kier molecular flexibility index (Phi) is 4.83. The van der Waals surface area contributed by atoms with Crippen LogP contribution in [0.25, 0.3) is 0 Å². The Balaban J connectivity index is 3.16. The van der Waals surface area contributed by atoms with E-state index >= 15 is 0 Å². The van der Waals surface area contributed by atoms with Crippen molar-refractivity contribution >= 4 is 28.3 Å². The topological polar surface area (TPSA) is 29.1 Å². The second-order valence-corrected chi connectivity index (χ2v) is 1.79. The Morgan fingerprint density at radius 1 is 2.00 bits per heavy atom. The molecule has 0 spiro atoms. The highest BCUT2D eigenvalue weighted by Gasteiger charge is 1.96. The highest BCUT2D eigenvalue weighted by molar-refractivity contribution is 7.80. The van der Waals surface area contributed by atoms with Crippen LogP contribution in [0.15, 0.2) is 0 Å². The molecule has 0 aromatic heterocycles. The van der Waals surface area contributed by atoms with Crippen LogP contribution in [-0.4, -0.2) is 18.1 Å². The molecule has 7 heavy (non-hydrogen) atoms. The minimum atomic E-state index is -0.117. The predicted molar refractivity (Wildman–Crippen MR) is 36.6 cm³/mol. The van der Waals surface area contributed by atoms with Gasteiger partial charge in [-0.25, -0.2) is 0 Å². The lowest BCUT2D eigenvalue weighted by molar-refractivity contribution is -0.108. The minimum Gasteiger partial charge on any atom is -0.302 e. The van der Waals surface area contributed by atoms with Gasteiger partial charge in [0.05, 0.1) is 6.04 Å². The van der Waals surface area contributed by atoms with Crippen LogP contribution in [0.5, 0.6) is 0 Å². The van der Waals surface area contributed by atoms with E-state index in [0.29, 0.717) is 5.75 Å². The van der Waals surface area contributed by atoms with E-state index in [0.717, 1.165) is 6.29 Å². The molecule has 4 heteroatoms. The zero-order valence-corrected chi connectivity index (χ0v) is 5.84. The molecule has 0 aliphatic heterocycles. The summed E-state index contributed by atoms with van der Waals surface area (Å²) >= 11 is 3.87. The SMILES string of the molecule is O=C[C@H](CS)NP. The number of rotatable bonds is 3. The van der Waals surface area contributed by atoms with Crippen molar-refractivity contribution in [3.63, 3.8) is 0 Å². The van der Waals surface area contributed by atoms with Crippen LogP contribution in [-0.2, 0) is 4.79 Å². The maximum absolute atomic E-state index is 9.84. The number of thiol groups is 1. The fraction of sp³-hybridized carbons (Fsp3) is 0.667. The molecule has 0 aromatic carbocycles. The highest BCUT2D eigenvalue weighted by atomic mass is 32.1. The molecule has 0 aliphatic carbocycles. The van der Waals surface area contributed by atoms with Crippen LogP contribution in [0.2, 0.25) is 0 Å². The molecular formula is C3H8NOPS. The Morgan fingerprint density at radius 3 is 2.57 bits per heavy atom. The highest BCUT2D eigenvalue weighted by Crippen LogP contribution is 1.84. The summed E-state index contributed by atoms with van der Waals surface area (Å²) in [6, 6.07) is -0.117. The van der Waals surface area contributed by atoms with Gasteiger partial charge in [0.1, 0.15) is 6.29 Å². The largest absolute Gasteiger partial charge is 0.302 e. The van der Waals surface area contributed by atoms with Gasteiger partial charge in [0.2, 0.25) is 0 Å². The van der Waals surface area contributed by atoms with Crippen molar-refractivity contribution in [3.8, 4) is 0 Å². The van der Waals surface area contributed by atoms with Gasteiger partial charge in [-0.1, -0.05) is 9.39 Å². The molecule has 1 unspecified atom stereocenters. The number of carbonyl (C=O) groups is 1. The van der Waals surface area contributed by atoms with Crippen molar-refractivity contribution in [1.82, 2.24) is 5.09 Å². The molecule has 0 aliphatic rings. The third kappa shape index (κ3) is 3.03. The van der Waals surface area contributed by atoms with Gasteiger partial charge in [-0.3, -0.25) is 5.09 Å². The van der Waals surface area contributed by atoms with Crippen LogP contribution in [0.1, 0.15) is 0 Å². The first-order valence-corrected chi connectivity index (χ1v) is 3.08. The van der Waals surface area contributed by atoms with Crippen molar-refractivity contribution in [3.05, 3.63) is 0 Å². The van der Waals surface area contributed by atoms with Gasteiger partial charge in [0.25, 0.3) is 0 Å². The van der Waals surface area contributed by atoms with E-state index in [2.05, 4.69) is 27.1 Å². The molecule has 0 radical (unpaired) electrons. The van der Waals surface area contributed by atoms with Crippen molar-refractivity contribution in [2.24, 2.45) is 0 Å². The normalized spacial score (nSPS) is 13.4. The first kappa shape index (κ1) is 7.41. The van der Waals surface area contributed by atoms with Gasteiger partial charge in [-0.05, 0) is 0 Å². The smallest absolute Gasteiger partial charge is 0.138 e. The molecule has 42 valence electrons. The third-order valence-corrected chi connectivity index (χ3v) is 1.40. The number of hydrogen-bond donors (Lipinski definition) is 2. The second-order valence-electron chi connectivity index (χ2n) is 1.09. The standard InChI is InChI=1S/C3H8NOPS/c5-1-3(2-7)4-6/h1,3-4,7H,2,6H2/t3-/m1/s1. The molecule has 0 heterocycles. The van der Waals surface area contributed by atoms with Crippen LogP contribution < -0.4 is 5.09 Å². The predicted octanol–water partition coefficient (Wildman–Crippen LogP) is -0.137. The summed E-state index contributed by atoms with van der Waals surface area (Å²) in [5.41, 5.74) is 0. The van der Waals surface area contributed by atoms with E-state index in [1.54, 1.807) is 0 Å². The summed E-state index contributed by atoms with van der Waals surface area (Å²) in [5, 5.41) is 2.67. The lowest BCUT2D eigenvalue weighted by atomic mass is 10.4. The molecule has 2 atom stereocenters. The van der Waals surface area contributed by atoms with Crippen LogP contribution >= 0.6 is 22.0 Å². The van der Waals surface area contributed by atoms with Gasteiger partial charge in [0, 0.05) is 5.75 Å². The molecule has 0 saturated carbocycles. The maximum Gasteiger partial charge on any atom is 0.138 e. The summed E-state index contributed by atoms with van der Waals surface area (Å²) in [7, 11) is 2.25. The number of nitrogens with one attached hydrogen (secondary N) is 1. The van der Waals surface area contributed by atoms with Crippen molar-refractivity contribution in [1.29, 1.82) is 0 Å². The molecule has 1 N–H and O–H groups in total. The zero-order valence-electron chi connectivity index (χ0n) is 3.79. The minimum absolute atomic E-state index is 0.117. The van der Waals surface area contributed by atoms with Gasteiger partial charge in [-0.2, -0.15) is 12.6 Å². The summed E-state index contributed by atoms with van der Waals surface area (Å²) in [6.07, 6.45) is 0.819. The molecular weight excluding hydrogens is 129 g/mol. The van der Waals surface area contributed by atoms with E-state index in [-0.39, 0.29) is 6.04 Å². The lowest BCUT2D eigenvalue weighted by Gasteiger charge is -2.00. The van der Waals surface area contributed by atoms with Gasteiger partial charge in [0.15, 0.2) is 0 Å². The average molecular weight is 137 g/mol. The summed E-state index contributed by atoms with van der Waals surface area (Å²) < 4.78 is 0. The Labute approximate surface area is 50.7 Å². The van der Waals surface area contributed by atoms with E-state index in [4.69, 9.17) is 0 Å². The monoisotopic (exact) mass is 137 g/mol. The Bertz CT molecular complexity index is 56.9. The van der Waals surface area contributed by atoms with Crippen molar-refractivity contribution in [2.75, 3.05) is 5.75 Å². The van der Waals surface area contributed by atoms with Crippen molar-refractivity contribution in [2.45, 2.75) is 6.04 Å². The third-order valence-electron chi connectivity index (χ3n) is 0.575. The number of hydrogen-bond acceptors (Lipinski definition) is 3. The van der Waals surface area contributed by atoms with Crippen LogP contribution in [0, 0.1) is 0 Å². The molecule has 0 aromatic rings. The van der Waals surface area contributed by atoms with Crippen LogP contribution in [0.4, 0.5) is 0 Å². The van der Waals surface area contributed by atoms with Gasteiger partial charge in [-0.15, -0.1) is 0 Å². The Morgan fingerprint density at radius 2 is 2.57 bits per heavy atom. The molecule has 0 rings (SSSR count). The quantitative estimate of drug-likeness (QED) is 0.322. The molecule has 0 fully saturated rings. The van der Waals surface area contributed by atoms with E-state index < -0.39 is 0 Å². The van der Waals surface area contributed by atoms with E-state index in [1.807, 2.05) is 0 Å². The molecule has 0 amide bonds. The lowest BCUT2D eigenvalue weighted by Crippen LogP contribution is -2.23. The fourth-order valence-corrected chi connectivity index (χ4v) is 0.721. The number of aldehydes is 1. The van der Waals surface area contributed by atoms with Crippen molar-refractivity contribution < 1.29 is 4.79 Å². The second kappa shape index (κ2) is 4.57. The van der Waals surface area contributed by atoms with Gasteiger partial charge < -0.3 is 4.79 Å².